The topological polar surface area (TPSA) is 92.5 Å². The summed E-state index contributed by atoms with van der Waals surface area (Å²) in [5, 5.41) is 0. The first-order chi connectivity index (χ1) is 8.36. The standard InChI is InChI=1S/C11H15N3O3S/c1-3-13-18(16,17)8-4-7-5-10(15)14(2)11(7)9(12)6-8/h4,6,13H,3,5,12H2,1-2H3. The quantitative estimate of drug-likeness (QED) is 0.760. The van der Waals surface area contributed by atoms with Gasteiger partial charge in [-0.15, -0.1) is 0 Å². The van der Waals surface area contributed by atoms with Crippen LogP contribution in [0.3, 0.4) is 0 Å². The van der Waals surface area contributed by atoms with Crippen LogP contribution in [0.5, 0.6) is 0 Å². The van der Waals surface area contributed by atoms with E-state index < -0.39 is 10.0 Å². The van der Waals surface area contributed by atoms with E-state index in [-0.39, 0.29) is 17.2 Å². The van der Waals surface area contributed by atoms with Crippen LogP contribution in [0.1, 0.15) is 12.5 Å². The van der Waals surface area contributed by atoms with Crippen LogP contribution in [0, 0.1) is 0 Å². The van der Waals surface area contributed by atoms with Gasteiger partial charge in [0.2, 0.25) is 15.9 Å². The van der Waals surface area contributed by atoms with Crippen LogP contribution in [-0.4, -0.2) is 27.9 Å². The first kappa shape index (κ1) is 12.8. The van der Waals surface area contributed by atoms with Gasteiger partial charge in [0.15, 0.2) is 0 Å². The van der Waals surface area contributed by atoms with Gasteiger partial charge in [-0.25, -0.2) is 13.1 Å². The van der Waals surface area contributed by atoms with Crippen molar-refractivity contribution in [1.82, 2.24) is 4.72 Å². The van der Waals surface area contributed by atoms with Crippen LogP contribution in [0.4, 0.5) is 11.4 Å². The molecule has 1 aromatic carbocycles. The molecule has 0 saturated heterocycles. The number of amides is 1. The fraction of sp³-hybridized carbons (Fsp3) is 0.364. The summed E-state index contributed by atoms with van der Waals surface area (Å²) in [6, 6.07) is 2.89. The molecule has 1 aromatic rings. The van der Waals surface area contributed by atoms with Gasteiger partial charge in [0.1, 0.15) is 0 Å². The molecule has 2 rings (SSSR count). The van der Waals surface area contributed by atoms with Crippen molar-refractivity contribution in [3.8, 4) is 0 Å². The minimum atomic E-state index is -3.55. The summed E-state index contributed by atoms with van der Waals surface area (Å²) in [5.74, 6) is -0.0882. The maximum absolute atomic E-state index is 11.9. The maximum Gasteiger partial charge on any atom is 0.240 e. The first-order valence-corrected chi connectivity index (χ1v) is 7.03. The van der Waals surface area contributed by atoms with Crippen molar-refractivity contribution in [2.45, 2.75) is 18.2 Å². The zero-order chi connectivity index (χ0) is 13.5. The lowest BCUT2D eigenvalue weighted by molar-refractivity contribution is -0.117. The third-order valence-corrected chi connectivity index (χ3v) is 4.41. The Balaban J connectivity index is 2.55. The van der Waals surface area contributed by atoms with Crippen LogP contribution < -0.4 is 15.4 Å². The summed E-state index contributed by atoms with van der Waals surface area (Å²) in [5.41, 5.74) is 7.39. The van der Waals surface area contributed by atoms with Gasteiger partial charge in [-0.1, -0.05) is 6.92 Å². The number of nitrogens with zero attached hydrogens (tertiary/aromatic N) is 1. The van der Waals surface area contributed by atoms with Gasteiger partial charge in [-0.2, -0.15) is 0 Å². The van der Waals surface area contributed by atoms with Crippen molar-refractivity contribution < 1.29 is 13.2 Å². The molecule has 0 fully saturated rings. The molecule has 0 aliphatic carbocycles. The van der Waals surface area contributed by atoms with E-state index in [0.717, 1.165) is 0 Å². The predicted molar refractivity (Wildman–Crippen MR) is 68.8 cm³/mol. The van der Waals surface area contributed by atoms with E-state index in [9.17, 15) is 13.2 Å². The number of rotatable bonds is 3. The Labute approximate surface area is 106 Å². The van der Waals surface area contributed by atoms with E-state index in [1.54, 1.807) is 14.0 Å². The number of nitrogen functional groups attached to an aromatic ring is 1. The number of hydrogen-bond acceptors (Lipinski definition) is 4. The molecule has 18 heavy (non-hydrogen) atoms. The van der Waals surface area contributed by atoms with E-state index in [0.29, 0.717) is 23.5 Å². The summed E-state index contributed by atoms with van der Waals surface area (Å²) in [6.45, 7) is 2.00. The van der Waals surface area contributed by atoms with Gasteiger partial charge < -0.3 is 10.6 Å². The van der Waals surface area contributed by atoms with Crippen LogP contribution >= 0.6 is 0 Å². The molecule has 1 heterocycles. The Hall–Kier alpha value is -1.60. The average Bonchev–Trinajstić information content (AvgIpc) is 2.55. The molecule has 0 spiro atoms. The van der Waals surface area contributed by atoms with Crippen molar-refractivity contribution >= 4 is 27.3 Å². The van der Waals surface area contributed by atoms with E-state index in [1.165, 1.54) is 17.0 Å². The summed E-state index contributed by atoms with van der Waals surface area (Å²) >= 11 is 0. The molecule has 6 nitrogen and oxygen atoms in total. The normalized spacial score (nSPS) is 15.0. The summed E-state index contributed by atoms with van der Waals surface area (Å²) in [6.07, 6.45) is 0.186. The average molecular weight is 269 g/mol. The number of fused-ring (bicyclic) bond motifs is 1. The Bertz CT molecular complexity index is 610. The second kappa shape index (κ2) is 4.25. The van der Waals surface area contributed by atoms with Crippen LogP contribution in [0.2, 0.25) is 0 Å². The Kier molecular flexibility index (Phi) is 3.04. The zero-order valence-corrected chi connectivity index (χ0v) is 11.0. The van der Waals surface area contributed by atoms with Gasteiger partial charge >= 0.3 is 0 Å². The molecule has 1 aliphatic heterocycles. The lowest BCUT2D eigenvalue weighted by Crippen LogP contribution is -2.23. The number of hydrogen-bond donors (Lipinski definition) is 2. The van der Waals surface area contributed by atoms with Gasteiger partial charge in [-0.3, -0.25) is 4.79 Å². The fourth-order valence-electron chi connectivity index (χ4n) is 2.07. The van der Waals surface area contributed by atoms with Crippen molar-refractivity contribution in [3.05, 3.63) is 17.7 Å². The minimum absolute atomic E-state index is 0.0882. The van der Waals surface area contributed by atoms with Gasteiger partial charge in [0.05, 0.1) is 22.7 Å². The first-order valence-electron chi connectivity index (χ1n) is 5.55. The molecular formula is C11H15N3O3S. The maximum atomic E-state index is 11.9. The lowest BCUT2D eigenvalue weighted by Gasteiger charge is -2.14. The highest BCUT2D eigenvalue weighted by atomic mass is 32.2. The fourth-order valence-corrected chi connectivity index (χ4v) is 3.19. The molecule has 0 aromatic heterocycles. The van der Waals surface area contributed by atoms with Crippen LogP contribution in [0.25, 0.3) is 0 Å². The molecule has 0 bridgehead atoms. The third kappa shape index (κ3) is 1.95. The largest absolute Gasteiger partial charge is 0.397 e. The number of nitrogens with two attached hydrogens (primary N) is 1. The molecular weight excluding hydrogens is 254 g/mol. The number of anilines is 2. The smallest absolute Gasteiger partial charge is 0.240 e. The molecule has 0 saturated carbocycles. The number of likely N-dealkylation sites (N-methyl/N-ethyl adjacent to an activating group) is 1. The predicted octanol–water partition coefficient (Wildman–Crippen LogP) is 0.0859. The second-order valence-corrected chi connectivity index (χ2v) is 5.92. The minimum Gasteiger partial charge on any atom is -0.397 e. The molecule has 0 radical (unpaired) electrons. The zero-order valence-electron chi connectivity index (χ0n) is 10.2. The van der Waals surface area contributed by atoms with Gasteiger partial charge in [-0.05, 0) is 17.7 Å². The summed E-state index contributed by atoms with van der Waals surface area (Å²) in [4.78, 5) is 13.1. The van der Waals surface area contributed by atoms with E-state index in [4.69, 9.17) is 5.73 Å². The monoisotopic (exact) mass is 269 g/mol. The van der Waals surface area contributed by atoms with E-state index in [2.05, 4.69) is 4.72 Å². The highest BCUT2D eigenvalue weighted by molar-refractivity contribution is 7.89. The molecule has 7 heteroatoms. The van der Waals surface area contributed by atoms with Crippen molar-refractivity contribution in [2.24, 2.45) is 0 Å². The van der Waals surface area contributed by atoms with Crippen molar-refractivity contribution in [2.75, 3.05) is 24.2 Å². The Morgan fingerprint density at radius 1 is 1.44 bits per heavy atom. The second-order valence-electron chi connectivity index (χ2n) is 4.15. The van der Waals surface area contributed by atoms with E-state index in [1.807, 2.05) is 0 Å². The third-order valence-electron chi connectivity index (χ3n) is 2.89. The highest BCUT2D eigenvalue weighted by Gasteiger charge is 2.28. The molecule has 98 valence electrons. The van der Waals surface area contributed by atoms with Crippen molar-refractivity contribution in [1.29, 1.82) is 0 Å². The molecule has 1 aliphatic rings. The SMILES string of the molecule is CCNS(=O)(=O)c1cc(N)c2c(c1)CC(=O)N2C. The Morgan fingerprint density at radius 2 is 2.11 bits per heavy atom. The molecule has 1 amide bonds. The van der Waals surface area contributed by atoms with Gasteiger partial charge in [0, 0.05) is 13.6 Å². The molecule has 0 unspecified atom stereocenters. The van der Waals surface area contributed by atoms with Crippen LogP contribution in [0.15, 0.2) is 17.0 Å². The van der Waals surface area contributed by atoms with Crippen molar-refractivity contribution in [3.63, 3.8) is 0 Å². The van der Waals surface area contributed by atoms with E-state index >= 15 is 0 Å². The van der Waals surface area contributed by atoms with Gasteiger partial charge in [0.25, 0.3) is 0 Å². The number of nitrogens with one attached hydrogen (secondary N) is 1. The Morgan fingerprint density at radius 3 is 2.72 bits per heavy atom. The summed E-state index contributed by atoms with van der Waals surface area (Å²) in [7, 11) is -1.92. The summed E-state index contributed by atoms with van der Waals surface area (Å²) < 4.78 is 26.2. The van der Waals surface area contributed by atoms with Crippen LogP contribution in [-0.2, 0) is 21.2 Å². The molecule has 3 N–H and O–H groups in total. The number of carbonyl (C=O) groups excluding carboxylic acids is 1. The number of sulfonamides is 1. The lowest BCUT2D eigenvalue weighted by atomic mass is 10.1. The molecule has 0 atom stereocenters. The highest BCUT2D eigenvalue weighted by Crippen LogP contribution is 2.35. The number of benzene rings is 1. The number of carbonyl (C=O) groups is 1.